The number of ketones is 1. The highest BCUT2D eigenvalue weighted by Gasteiger charge is 2.19. The summed E-state index contributed by atoms with van der Waals surface area (Å²) in [6, 6.07) is 9.91. The Hall–Kier alpha value is -4.14. The molecule has 154 valence electrons. The van der Waals surface area contributed by atoms with Gasteiger partial charge in [-0.1, -0.05) is 0 Å². The topological polar surface area (TPSA) is 91.1 Å². The van der Waals surface area contributed by atoms with Crippen LogP contribution in [-0.4, -0.2) is 34.9 Å². The van der Waals surface area contributed by atoms with Gasteiger partial charge in [0.1, 0.15) is 29.3 Å². The van der Waals surface area contributed by atoms with E-state index in [9.17, 15) is 9.18 Å². The molecule has 0 amide bonds. The number of hydrogen-bond acceptors (Lipinski definition) is 6. The highest BCUT2D eigenvalue weighted by Crippen LogP contribution is 2.31. The first-order valence-corrected chi connectivity index (χ1v) is 9.56. The number of rotatable bonds is 5. The molecule has 0 radical (unpaired) electrons. The highest BCUT2D eigenvalue weighted by molar-refractivity contribution is 5.95. The van der Waals surface area contributed by atoms with Crippen LogP contribution in [0.2, 0.25) is 0 Å². The zero-order chi connectivity index (χ0) is 21.5. The average molecular weight is 416 g/mol. The van der Waals surface area contributed by atoms with Crippen LogP contribution in [0.25, 0.3) is 28.3 Å². The van der Waals surface area contributed by atoms with Crippen molar-refractivity contribution >= 4 is 11.4 Å². The SMILES string of the molecule is Cc1nc(-c2ccc(F)cc2)c(-c2ccc3nc(CC(=O)c4cocn4)cn3n2)n1C. The van der Waals surface area contributed by atoms with Gasteiger partial charge in [-0.2, -0.15) is 5.10 Å². The third-order valence-electron chi connectivity index (χ3n) is 5.11. The molecule has 0 atom stereocenters. The van der Waals surface area contributed by atoms with Crippen molar-refractivity contribution in [3.05, 3.63) is 78.3 Å². The van der Waals surface area contributed by atoms with Crippen LogP contribution < -0.4 is 0 Å². The van der Waals surface area contributed by atoms with Gasteiger partial charge >= 0.3 is 0 Å². The third kappa shape index (κ3) is 3.39. The zero-order valence-corrected chi connectivity index (χ0v) is 16.8. The fraction of sp³-hybridized carbons (Fsp3) is 0.136. The molecule has 0 unspecified atom stereocenters. The van der Waals surface area contributed by atoms with Crippen molar-refractivity contribution in [1.82, 2.24) is 29.1 Å². The van der Waals surface area contributed by atoms with Gasteiger partial charge < -0.3 is 8.98 Å². The Kier molecular flexibility index (Phi) is 4.43. The van der Waals surface area contributed by atoms with Crippen LogP contribution in [0.3, 0.4) is 0 Å². The molecule has 4 heterocycles. The van der Waals surface area contributed by atoms with Crippen molar-refractivity contribution in [2.24, 2.45) is 7.05 Å². The summed E-state index contributed by atoms with van der Waals surface area (Å²) in [5.74, 6) is 0.322. The number of benzene rings is 1. The van der Waals surface area contributed by atoms with Gasteiger partial charge in [0.25, 0.3) is 0 Å². The second kappa shape index (κ2) is 7.28. The second-order valence-electron chi connectivity index (χ2n) is 7.15. The van der Waals surface area contributed by atoms with Gasteiger partial charge in [-0.05, 0) is 43.3 Å². The van der Waals surface area contributed by atoms with Gasteiger partial charge in [0, 0.05) is 12.6 Å². The van der Waals surface area contributed by atoms with Crippen LogP contribution in [0, 0.1) is 12.7 Å². The summed E-state index contributed by atoms with van der Waals surface area (Å²) in [6.07, 6.45) is 4.35. The van der Waals surface area contributed by atoms with E-state index in [2.05, 4.69) is 20.1 Å². The molecule has 0 aliphatic rings. The molecular formula is C22H17FN6O2. The number of aromatic nitrogens is 6. The van der Waals surface area contributed by atoms with Crippen LogP contribution in [-0.2, 0) is 13.5 Å². The van der Waals surface area contributed by atoms with Gasteiger partial charge in [0.15, 0.2) is 17.8 Å². The van der Waals surface area contributed by atoms with E-state index in [0.29, 0.717) is 22.7 Å². The maximum atomic E-state index is 13.4. The largest absolute Gasteiger partial charge is 0.451 e. The van der Waals surface area contributed by atoms with Crippen molar-refractivity contribution in [1.29, 1.82) is 0 Å². The molecule has 31 heavy (non-hydrogen) atoms. The predicted octanol–water partition coefficient (Wildman–Crippen LogP) is 3.66. The van der Waals surface area contributed by atoms with Gasteiger partial charge in [-0.15, -0.1) is 0 Å². The molecule has 0 fully saturated rings. The van der Waals surface area contributed by atoms with Crippen LogP contribution in [0.15, 0.2) is 59.7 Å². The normalized spacial score (nSPS) is 11.3. The third-order valence-corrected chi connectivity index (χ3v) is 5.11. The van der Waals surface area contributed by atoms with Gasteiger partial charge in [-0.25, -0.2) is 23.9 Å². The Balaban J connectivity index is 1.54. The molecule has 0 saturated carbocycles. The number of carbonyl (C=O) groups is 1. The lowest BCUT2D eigenvalue weighted by Gasteiger charge is -2.07. The van der Waals surface area contributed by atoms with E-state index in [0.717, 1.165) is 17.1 Å². The van der Waals surface area contributed by atoms with Gasteiger partial charge in [0.2, 0.25) is 0 Å². The summed E-state index contributed by atoms with van der Waals surface area (Å²) in [6.45, 7) is 1.90. The number of fused-ring (bicyclic) bond motifs is 1. The summed E-state index contributed by atoms with van der Waals surface area (Å²) >= 11 is 0. The number of halogens is 1. The summed E-state index contributed by atoms with van der Waals surface area (Å²) in [5, 5.41) is 4.69. The molecular weight excluding hydrogens is 399 g/mol. The lowest BCUT2D eigenvalue weighted by atomic mass is 10.1. The minimum atomic E-state index is -0.302. The first kappa shape index (κ1) is 18.9. The smallest absolute Gasteiger partial charge is 0.190 e. The standard InChI is InChI=1S/C22H17FN6O2/c1-13-25-21(14-3-5-15(23)6-4-14)22(28(13)2)17-7-8-20-26-16(10-29(20)27-17)9-19(30)18-11-31-12-24-18/h3-8,10-12H,9H2,1-2H3. The van der Waals surface area contributed by atoms with Crippen LogP contribution >= 0.6 is 0 Å². The summed E-state index contributed by atoms with van der Waals surface area (Å²) in [7, 11) is 1.91. The number of imidazole rings is 2. The van der Waals surface area contributed by atoms with E-state index in [1.165, 1.54) is 24.8 Å². The molecule has 5 aromatic rings. The van der Waals surface area contributed by atoms with E-state index in [1.807, 2.05) is 30.7 Å². The summed E-state index contributed by atoms with van der Waals surface area (Å²) < 4.78 is 21.8. The average Bonchev–Trinajstić information content (AvgIpc) is 3.48. The Bertz CT molecular complexity index is 1400. The first-order valence-electron chi connectivity index (χ1n) is 9.56. The molecule has 0 bridgehead atoms. The maximum absolute atomic E-state index is 13.4. The lowest BCUT2D eigenvalue weighted by Crippen LogP contribution is -2.03. The van der Waals surface area contributed by atoms with Crippen LogP contribution in [0.4, 0.5) is 4.39 Å². The minimum Gasteiger partial charge on any atom is -0.451 e. The minimum absolute atomic E-state index is 0.0941. The van der Waals surface area contributed by atoms with E-state index in [-0.39, 0.29) is 23.7 Å². The van der Waals surface area contributed by atoms with E-state index in [1.54, 1.807) is 22.8 Å². The molecule has 0 N–H and O–H groups in total. The molecule has 8 nitrogen and oxygen atoms in total. The number of nitrogens with zero attached hydrogens (tertiary/aromatic N) is 6. The first-order chi connectivity index (χ1) is 15.0. The Morgan fingerprint density at radius 3 is 2.68 bits per heavy atom. The molecule has 5 rings (SSSR count). The van der Waals surface area contributed by atoms with Crippen LogP contribution in [0.1, 0.15) is 22.0 Å². The number of oxazole rings is 1. The Morgan fingerprint density at radius 2 is 1.94 bits per heavy atom. The molecule has 0 spiro atoms. The van der Waals surface area contributed by atoms with Crippen molar-refractivity contribution < 1.29 is 13.6 Å². The van der Waals surface area contributed by atoms with Crippen molar-refractivity contribution in [2.75, 3.05) is 0 Å². The van der Waals surface area contributed by atoms with Gasteiger partial charge in [-0.3, -0.25) is 4.79 Å². The van der Waals surface area contributed by atoms with E-state index < -0.39 is 0 Å². The zero-order valence-electron chi connectivity index (χ0n) is 16.8. The van der Waals surface area contributed by atoms with Crippen molar-refractivity contribution in [3.8, 4) is 22.6 Å². The molecule has 0 aliphatic heterocycles. The monoisotopic (exact) mass is 416 g/mol. The molecule has 0 saturated heterocycles. The lowest BCUT2D eigenvalue weighted by molar-refractivity contribution is 0.0987. The fourth-order valence-electron chi connectivity index (χ4n) is 3.46. The van der Waals surface area contributed by atoms with Crippen molar-refractivity contribution in [2.45, 2.75) is 13.3 Å². The number of aryl methyl sites for hydroxylation is 1. The highest BCUT2D eigenvalue weighted by atomic mass is 19.1. The maximum Gasteiger partial charge on any atom is 0.190 e. The quantitative estimate of drug-likeness (QED) is 0.406. The van der Waals surface area contributed by atoms with Crippen LogP contribution in [0.5, 0.6) is 0 Å². The number of hydrogen-bond donors (Lipinski definition) is 0. The van der Waals surface area contributed by atoms with E-state index in [4.69, 9.17) is 4.42 Å². The summed E-state index contributed by atoms with van der Waals surface area (Å²) in [4.78, 5) is 25.3. The molecule has 9 heteroatoms. The molecule has 0 aliphatic carbocycles. The molecule has 1 aromatic carbocycles. The Morgan fingerprint density at radius 1 is 1.13 bits per heavy atom. The van der Waals surface area contributed by atoms with E-state index >= 15 is 0 Å². The number of carbonyl (C=O) groups excluding carboxylic acids is 1. The fourth-order valence-corrected chi connectivity index (χ4v) is 3.46. The summed E-state index contributed by atoms with van der Waals surface area (Å²) in [5.41, 5.74) is 4.47. The predicted molar refractivity (Wildman–Crippen MR) is 110 cm³/mol. The molecule has 4 aromatic heterocycles. The number of Topliss-reactive ketones (excluding diaryl/α,β-unsaturated/α-hetero) is 1. The Labute approximate surface area is 176 Å². The second-order valence-corrected chi connectivity index (χ2v) is 7.15. The van der Waals surface area contributed by atoms with Gasteiger partial charge in [0.05, 0.1) is 29.7 Å². The van der Waals surface area contributed by atoms with Crippen molar-refractivity contribution in [3.63, 3.8) is 0 Å².